The molecule has 0 bridgehead atoms. The highest BCUT2D eigenvalue weighted by Crippen LogP contribution is 2.28. The van der Waals surface area contributed by atoms with Crippen LogP contribution < -0.4 is 0 Å². The highest BCUT2D eigenvalue weighted by molar-refractivity contribution is 5.86. The van der Waals surface area contributed by atoms with E-state index in [0.29, 0.717) is 25.3 Å². The minimum atomic E-state index is -0.121. The number of carbonyl (C=O) groups is 2. The van der Waals surface area contributed by atoms with Crippen molar-refractivity contribution in [2.45, 2.75) is 18.9 Å². The fourth-order valence-corrected chi connectivity index (χ4v) is 3.61. The first-order valence-corrected chi connectivity index (χ1v) is 9.68. The van der Waals surface area contributed by atoms with Crippen LogP contribution in [0.15, 0.2) is 71.3 Å². The van der Waals surface area contributed by atoms with E-state index < -0.39 is 0 Å². The predicted octanol–water partition coefficient (Wildman–Crippen LogP) is 3.32. The molecule has 2 amide bonds. The molecule has 148 valence electrons. The van der Waals surface area contributed by atoms with Crippen molar-refractivity contribution in [2.75, 3.05) is 20.1 Å². The first-order valence-electron chi connectivity index (χ1n) is 9.68. The summed E-state index contributed by atoms with van der Waals surface area (Å²) >= 11 is 0. The van der Waals surface area contributed by atoms with E-state index in [1.165, 1.54) is 0 Å². The maximum Gasteiger partial charge on any atom is 0.242 e. The Morgan fingerprint density at radius 1 is 1.14 bits per heavy atom. The quantitative estimate of drug-likeness (QED) is 0.649. The molecule has 0 radical (unpaired) electrons. The van der Waals surface area contributed by atoms with E-state index in [0.717, 1.165) is 16.8 Å². The van der Waals surface area contributed by atoms with Crippen molar-refractivity contribution >= 4 is 11.8 Å². The van der Waals surface area contributed by atoms with E-state index >= 15 is 0 Å². The van der Waals surface area contributed by atoms with Gasteiger partial charge >= 0.3 is 0 Å². The van der Waals surface area contributed by atoms with E-state index in [1.54, 1.807) is 16.8 Å². The van der Waals surface area contributed by atoms with Crippen LogP contribution in [0.4, 0.5) is 0 Å². The van der Waals surface area contributed by atoms with Gasteiger partial charge in [-0.15, -0.1) is 0 Å². The van der Waals surface area contributed by atoms with Gasteiger partial charge in [0, 0.05) is 37.6 Å². The lowest BCUT2D eigenvalue weighted by Crippen LogP contribution is -2.38. The number of likely N-dealkylation sites (tertiary alicyclic amines) is 1. The number of likely N-dealkylation sites (N-methyl/N-ethyl adjacent to an activating group) is 1. The predicted molar refractivity (Wildman–Crippen MR) is 109 cm³/mol. The van der Waals surface area contributed by atoms with Gasteiger partial charge < -0.3 is 14.3 Å². The number of amides is 2. The van der Waals surface area contributed by atoms with Gasteiger partial charge in [-0.05, 0) is 5.56 Å². The molecule has 29 heavy (non-hydrogen) atoms. The van der Waals surface area contributed by atoms with Crippen LogP contribution in [-0.4, -0.2) is 46.9 Å². The summed E-state index contributed by atoms with van der Waals surface area (Å²) < 4.78 is 5.38. The molecule has 1 fully saturated rings. The minimum absolute atomic E-state index is 0.0200. The van der Waals surface area contributed by atoms with Crippen LogP contribution in [0.1, 0.15) is 23.7 Å². The highest BCUT2D eigenvalue weighted by Gasteiger charge is 2.32. The molecule has 2 heterocycles. The van der Waals surface area contributed by atoms with E-state index in [2.05, 4.69) is 5.16 Å². The third kappa shape index (κ3) is 4.37. The molecule has 0 N–H and O–H groups in total. The Kier molecular flexibility index (Phi) is 5.42. The summed E-state index contributed by atoms with van der Waals surface area (Å²) in [7, 11) is 1.71. The zero-order chi connectivity index (χ0) is 20.2. The number of hydrogen-bond acceptors (Lipinski definition) is 4. The van der Waals surface area contributed by atoms with Gasteiger partial charge in [-0.25, -0.2) is 0 Å². The Balaban J connectivity index is 1.34. The largest absolute Gasteiger partial charge is 0.359 e. The van der Waals surface area contributed by atoms with E-state index in [1.807, 2.05) is 66.7 Å². The van der Waals surface area contributed by atoms with Gasteiger partial charge in [-0.1, -0.05) is 65.8 Å². The van der Waals surface area contributed by atoms with Crippen molar-refractivity contribution in [3.8, 4) is 11.3 Å². The molecular weight excluding hydrogens is 366 g/mol. The maximum atomic E-state index is 12.6. The smallest absolute Gasteiger partial charge is 0.242 e. The summed E-state index contributed by atoms with van der Waals surface area (Å²) in [6.45, 7) is 0.962. The van der Waals surface area contributed by atoms with E-state index in [4.69, 9.17) is 4.52 Å². The molecule has 0 saturated carbocycles. The van der Waals surface area contributed by atoms with Crippen molar-refractivity contribution in [3.05, 3.63) is 78.1 Å². The van der Waals surface area contributed by atoms with Gasteiger partial charge in [0.1, 0.15) is 5.69 Å². The molecule has 1 saturated heterocycles. The molecule has 6 nitrogen and oxygen atoms in total. The van der Waals surface area contributed by atoms with Crippen molar-refractivity contribution < 1.29 is 14.1 Å². The number of rotatable bonds is 6. The van der Waals surface area contributed by atoms with Gasteiger partial charge in [0.05, 0.1) is 13.1 Å². The Labute approximate surface area is 169 Å². The zero-order valence-electron chi connectivity index (χ0n) is 16.3. The fourth-order valence-electron chi connectivity index (χ4n) is 3.61. The topological polar surface area (TPSA) is 66.7 Å². The molecule has 6 heteroatoms. The minimum Gasteiger partial charge on any atom is -0.359 e. The van der Waals surface area contributed by atoms with Crippen LogP contribution in [0, 0.1) is 0 Å². The number of aromatic nitrogens is 1. The lowest BCUT2D eigenvalue weighted by atomic mass is 9.99. The number of nitrogens with zero attached hydrogens (tertiary/aromatic N) is 3. The average Bonchev–Trinajstić information content (AvgIpc) is 3.36. The Hall–Kier alpha value is -3.41. The summed E-state index contributed by atoms with van der Waals surface area (Å²) in [6.07, 6.45) is 0.448. The van der Waals surface area contributed by atoms with Crippen molar-refractivity contribution in [1.29, 1.82) is 0 Å². The number of benzene rings is 2. The van der Waals surface area contributed by atoms with Gasteiger partial charge in [0.2, 0.25) is 11.8 Å². The van der Waals surface area contributed by atoms with Crippen molar-refractivity contribution in [2.24, 2.45) is 0 Å². The van der Waals surface area contributed by atoms with E-state index in [9.17, 15) is 9.59 Å². The molecular formula is C23H23N3O3. The molecule has 0 aliphatic carbocycles. The average molecular weight is 389 g/mol. The zero-order valence-corrected chi connectivity index (χ0v) is 16.3. The highest BCUT2D eigenvalue weighted by atomic mass is 16.5. The molecule has 3 aromatic rings. The van der Waals surface area contributed by atoms with Crippen LogP contribution in [0.3, 0.4) is 0 Å². The Morgan fingerprint density at radius 2 is 1.83 bits per heavy atom. The first kappa shape index (κ1) is 18.9. The first-order chi connectivity index (χ1) is 14.1. The second-order valence-electron chi connectivity index (χ2n) is 7.38. The molecule has 1 aromatic heterocycles. The van der Waals surface area contributed by atoms with Crippen molar-refractivity contribution in [1.82, 2.24) is 15.0 Å². The molecule has 1 aliphatic heterocycles. The second kappa shape index (κ2) is 8.31. The molecule has 1 unspecified atom stereocenters. The SMILES string of the molecule is CN(Cc1cc(-c2ccccc2)no1)C(=O)CN1CC(c2ccccc2)CC1=O. The normalized spacial score (nSPS) is 16.2. The van der Waals surface area contributed by atoms with Crippen LogP contribution in [-0.2, 0) is 16.1 Å². The standard InChI is InChI=1S/C23H23N3O3/c1-25(15-20-13-21(24-29-20)18-10-6-3-7-11-18)23(28)16-26-14-19(12-22(26)27)17-8-4-2-5-9-17/h2-11,13,19H,12,14-16H2,1H3. The van der Waals surface area contributed by atoms with Crippen LogP contribution in [0.5, 0.6) is 0 Å². The van der Waals surface area contributed by atoms with Crippen LogP contribution in [0.2, 0.25) is 0 Å². The van der Waals surface area contributed by atoms with Gasteiger partial charge in [0.25, 0.3) is 0 Å². The molecule has 0 spiro atoms. The van der Waals surface area contributed by atoms with Crippen molar-refractivity contribution in [3.63, 3.8) is 0 Å². The molecule has 2 aromatic carbocycles. The van der Waals surface area contributed by atoms with E-state index in [-0.39, 0.29) is 24.3 Å². The monoisotopic (exact) mass is 389 g/mol. The molecule has 1 atom stereocenters. The fraction of sp³-hybridized carbons (Fsp3) is 0.261. The van der Waals surface area contributed by atoms with Crippen LogP contribution >= 0.6 is 0 Å². The molecule has 1 aliphatic rings. The third-order valence-corrected chi connectivity index (χ3v) is 5.26. The Bertz CT molecular complexity index is 985. The summed E-state index contributed by atoms with van der Waals surface area (Å²) in [5.41, 5.74) is 2.84. The van der Waals surface area contributed by atoms with Crippen LogP contribution in [0.25, 0.3) is 11.3 Å². The number of carbonyl (C=O) groups excluding carboxylic acids is 2. The lowest BCUT2D eigenvalue weighted by molar-refractivity contribution is -0.138. The van der Waals surface area contributed by atoms with Gasteiger partial charge in [-0.2, -0.15) is 0 Å². The lowest BCUT2D eigenvalue weighted by Gasteiger charge is -2.21. The molecule has 4 rings (SSSR count). The summed E-state index contributed by atoms with van der Waals surface area (Å²) in [4.78, 5) is 28.2. The summed E-state index contributed by atoms with van der Waals surface area (Å²) in [6, 6.07) is 21.5. The summed E-state index contributed by atoms with van der Waals surface area (Å²) in [5.74, 6) is 0.649. The van der Waals surface area contributed by atoms with Gasteiger partial charge in [-0.3, -0.25) is 9.59 Å². The second-order valence-corrected chi connectivity index (χ2v) is 7.38. The summed E-state index contributed by atoms with van der Waals surface area (Å²) in [5, 5.41) is 4.08. The van der Waals surface area contributed by atoms with Gasteiger partial charge in [0.15, 0.2) is 5.76 Å². The third-order valence-electron chi connectivity index (χ3n) is 5.26. The maximum absolute atomic E-state index is 12.6. The Morgan fingerprint density at radius 3 is 2.55 bits per heavy atom. The number of hydrogen-bond donors (Lipinski definition) is 0.